The van der Waals surface area contributed by atoms with Gasteiger partial charge in [-0.1, -0.05) is 12.1 Å². The summed E-state index contributed by atoms with van der Waals surface area (Å²) in [6, 6.07) is 16.1. The van der Waals surface area contributed by atoms with Crippen LogP contribution in [0.4, 0.5) is 0 Å². The van der Waals surface area contributed by atoms with Crippen molar-refractivity contribution in [2.24, 2.45) is 0 Å². The van der Waals surface area contributed by atoms with E-state index in [9.17, 15) is 14.4 Å². The Morgan fingerprint density at radius 3 is 2.60 bits per heavy atom. The first-order chi connectivity index (χ1) is 16.9. The highest BCUT2D eigenvalue weighted by molar-refractivity contribution is 7.97. The zero-order chi connectivity index (χ0) is 25.6. The molecule has 2 aromatic carbocycles. The molecule has 0 fully saturated rings. The van der Waals surface area contributed by atoms with Crippen molar-refractivity contribution in [2.75, 3.05) is 14.1 Å². The van der Waals surface area contributed by atoms with E-state index in [1.807, 2.05) is 45.1 Å². The maximum Gasteiger partial charge on any atom is 0.295 e. The topological polar surface area (TPSA) is 112 Å². The first-order valence-corrected chi connectivity index (χ1v) is 11.4. The molecule has 180 valence electrons. The van der Waals surface area contributed by atoms with Gasteiger partial charge in [0, 0.05) is 34.3 Å². The highest BCUT2D eigenvalue weighted by Crippen LogP contribution is 2.22. The lowest BCUT2D eigenvalue weighted by Crippen LogP contribution is -2.32. The van der Waals surface area contributed by atoms with Gasteiger partial charge in [0.2, 0.25) is 0 Å². The molecule has 1 aromatic heterocycles. The molecule has 0 radical (unpaired) electrons. The number of nitrogens with zero attached hydrogens (tertiary/aromatic N) is 1. The number of hydrazine groups is 1. The molecule has 2 amide bonds. The van der Waals surface area contributed by atoms with Crippen LogP contribution < -0.4 is 20.9 Å². The van der Waals surface area contributed by atoms with Gasteiger partial charge in [0.05, 0.1) is 5.69 Å². The maximum atomic E-state index is 12.6. The minimum Gasteiger partial charge on any atom is -0.341 e. The number of benzene rings is 2. The number of aromatic nitrogens is 1. The molecule has 4 N–H and O–H groups in total. The van der Waals surface area contributed by atoms with Gasteiger partial charge in [-0.15, -0.1) is 6.42 Å². The first kappa shape index (κ1) is 27.3. The predicted molar refractivity (Wildman–Crippen MR) is 138 cm³/mol. The normalized spacial score (nSPS) is 9.77. The quantitative estimate of drug-likeness (QED) is 0.167. The van der Waals surface area contributed by atoms with Gasteiger partial charge in [0.15, 0.2) is 0 Å². The highest BCUT2D eigenvalue weighted by atomic mass is 32.2. The summed E-state index contributed by atoms with van der Waals surface area (Å²) in [5, 5.41) is 5.37. The Kier molecular flexibility index (Phi) is 11.2. The number of aryl methyl sites for hydroxylation is 1. The average molecular weight is 490 g/mol. The Labute approximate surface area is 209 Å². The lowest BCUT2D eigenvalue weighted by Gasteiger charge is -2.10. The minimum atomic E-state index is -0.485. The summed E-state index contributed by atoms with van der Waals surface area (Å²) in [4.78, 5) is 42.8. The van der Waals surface area contributed by atoms with Crippen LogP contribution in [-0.2, 0) is 11.3 Å². The summed E-state index contributed by atoms with van der Waals surface area (Å²) >= 11 is 1.19. The predicted octanol–water partition coefficient (Wildman–Crippen LogP) is 2.90. The minimum absolute atomic E-state index is 0.282. The summed E-state index contributed by atoms with van der Waals surface area (Å²) in [5.74, 6) is 1.21. The molecule has 0 aliphatic heterocycles. The molecule has 3 aromatic rings. The molecule has 0 aliphatic carbocycles. The molecule has 0 bridgehead atoms. The standard InChI is InChI=1S/C24H20N4O3S.C2H7N/c1-3-23(30)26-14-17-7-8-25-22(12-17)19-9-16(2)10-20(13-19)24(31)27-28-32-21-6-4-5-18(11-21)15-29;1-3-2/h1,4-13,15,28H,14H2,2H3,(H,26,30)(H,27,31);3H,1-2H3. The van der Waals surface area contributed by atoms with Crippen LogP contribution in [0, 0.1) is 19.3 Å². The van der Waals surface area contributed by atoms with E-state index in [2.05, 4.69) is 25.9 Å². The lowest BCUT2D eigenvalue weighted by atomic mass is 10.0. The Morgan fingerprint density at radius 1 is 1.11 bits per heavy atom. The molecule has 0 atom stereocenters. The van der Waals surface area contributed by atoms with E-state index in [4.69, 9.17) is 6.42 Å². The molecule has 9 heteroatoms. The molecule has 0 saturated carbocycles. The molecule has 0 spiro atoms. The van der Waals surface area contributed by atoms with Crippen molar-refractivity contribution in [3.63, 3.8) is 0 Å². The van der Waals surface area contributed by atoms with E-state index in [0.717, 1.165) is 27.9 Å². The van der Waals surface area contributed by atoms with Gasteiger partial charge >= 0.3 is 0 Å². The third-order valence-corrected chi connectivity index (χ3v) is 5.07. The summed E-state index contributed by atoms with van der Waals surface area (Å²) < 4.78 is 0. The molecule has 8 nitrogen and oxygen atoms in total. The molecule has 3 rings (SSSR count). The van der Waals surface area contributed by atoms with Gasteiger partial charge in [-0.3, -0.25) is 24.8 Å². The Morgan fingerprint density at radius 2 is 1.89 bits per heavy atom. The third-order valence-electron chi connectivity index (χ3n) is 4.37. The smallest absolute Gasteiger partial charge is 0.295 e. The van der Waals surface area contributed by atoms with Crippen molar-refractivity contribution in [1.29, 1.82) is 0 Å². The summed E-state index contributed by atoms with van der Waals surface area (Å²) in [6.45, 7) is 2.18. The number of rotatable bonds is 8. The van der Waals surface area contributed by atoms with Gasteiger partial charge in [-0.05, 0) is 92.5 Å². The van der Waals surface area contributed by atoms with Crippen molar-refractivity contribution in [3.8, 4) is 23.6 Å². The lowest BCUT2D eigenvalue weighted by molar-refractivity contribution is -0.115. The van der Waals surface area contributed by atoms with Gasteiger partial charge in [0.25, 0.3) is 11.8 Å². The van der Waals surface area contributed by atoms with Gasteiger partial charge in [0.1, 0.15) is 6.29 Å². The van der Waals surface area contributed by atoms with Crippen LogP contribution in [0.15, 0.2) is 65.7 Å². The number of aldehydes is 1. The van der Waals surface area contributed by atoms with Crippen molar-refractivity contribution < 1.29 is 14.4 Å². The fourth-order valence-corrected chi connectivity index (χ4v) is 3.50. The molecule has 0 unspecified atom stereocenters. The second-order valence-electron chi connectivity index (χ2n) is 7.31. The highest BCUT2D eigenvalue weighted by Gasteiger charge is 2.10. The van der Waals surface area contributed by atoms with Crippen molar-refractivity contribution in [1.82, 2.24) is 25.9 Å². The van der Waals surface area contributed by atoms with Gasteiger partial charge in [-0.25, -0.2) is 0 Å². The van der Waals surface area contributed by atoms with Crippen molar-refractivity contribution in [3.05, 3.63) is 83.0 Å². The van der Waals surface area contributed by atoms with Gasteiger partial charge in [-0.2, -0.15) is 4.83 Å². The number of nitrogens with one attached hydrogen (secondary N) is 4. The zero-order valence-electron chi connectivity index (χ0n) is 19.7. The third kappa shape index (κ3) is 9.06. The van der Waals surface area contributed by atoms with Crippen molar-refractivity contribution in [2.45, 2.75) is 18.4 Å². The number of amides is 2. The summed E-state index contributed by atoms with van der Waals surface area (Å²) in [6.07, 6.45) is 7.47. The fourth-order valence-electron chi connectivity index (χ4n) is 2.89. The molecule has 0 aliphatic rings. The monoisotopic (exact) mass is 489 g/mol. The van der Waals surface area contributed by atoms with E-state index in [0.29, 0.717) is 16.8 Å². The van der Waals surface area contributed by atoms with Crippen LogP contribution >= 0.6 is 11.9 Å². The number of pyridine rings is 1. The number of carbonyl (C=O) groups is 3. The molecular formula is C26H27N5O3S. The van der Waals surface area contributed by atoms with Crippen molar-refractivity contribution >= 4 is 30.0 Å². The molecule has 0 saturated heterocycles. The fraction of sp³-hybridized carbons (Fsp3) is 0.154. The molecular weight excluding hydrogens is 462 g/mol. The largest absolute Gasteiger partial charge is 0.341 e. The second kappa shape index (κ2) is 14.3. The van der Waals surface area contributed by atoms with Crippen LogP contribution in [0.3, 0.4) is 0 Å². The number of carbonyl (C=O) groups excluding carboxylic acids is 3. The Bertz CT molecular complexity index is 1220. The number of hydrogen-bond donors (Lipinski definition) is 4. The van der Waals surface area contributed by atoms with E-state index in [-0.39, 0.29) is 12.5 Å². The zero-order valence-corrected chi connectivity index (χ0v) is 20.5. The number of hydrogen-bond acceptors (Lipinski definition) is 7. The second-order valence-corrected chi connectivity index (χ2v) is 8.19. The Hall–Kier alpha value is -3.97. The van der Waals surface area contributed by atoms with Crippen LogP contribution in [0.1, 0.15) is 31.8 Å². The number of terminal acetylenes is 1. The summed E-state index contributed by atoms with van der Waals surface area (Å²) in [7, 11) is 3.75. The molecule has 1 heterocycles. The van der Waals surface area contributed by atoms with E-state index in [1.165, 1.54) is 11.9 Å². The maximum absolute atomic E-state index is 12.6. The van der Waals surface area contributed by atoms with Crippen LogP contribution in [0.25, 0.3) is 11.3 Å². The molecule has 35 heavy (non-hydrogen) atoms. The summed E-state index contributed by atoms with van der Waals surface area (Å²) in [5.41, 5.74) is 6.83. The van der Waals surface area contributed by atoms with E-state index >= 15 is 0 Å². The van der Waals surface area contributed by atoms with Crippen LogP contribution in [0.2, 0.25) is 0 Å². The SMILES string of the molecule is C#CC(=O)NCc1ccnc(-c2cc(C)cc(C(=O)NNSc3cccc(C=O)c3)c2)c1.CNC. The first-order valence-electron chi connectivity index (χ1n) is 10.6. The van der Waals surface area contributed by atoms with Crippen LogP contribution in [0.5, 0.6) is 0 Å². The van der Waals surface area contributed by atoms with E-state index in [1.54, 1.807) is 42.6 Å². The average Bonchev–Trinajstić information content (AvgIpc) is 2.87. The van der Waals surface area contributed by atoms with Crippen LogP contribution in [-0.4, -0.2) is 37.2 Å². The van der Waals surface area contributed by atoms with Gasteiger partial charge < -0.3 is 10.6 Å². The Balaban J connectivity index is 0.00000137. The van der Waals surface area contributed by atoms with E-state index < -0.39 is 5.91 Å².